The number of anilines is 1. The smallest absolute Gasteiger partial charge is 0.229 e. The Morgan fingerprint density at radius 1 is 1.04 bits per heavy atom. The van der Waals surface area contributed by atoms with Gasteiger partial charge in [0.2, 0.25) is 14.9 Å². The molecule has 0 bridgehead atoms. The lowest BCUT2D eigenvalue weighted by atomic mass is 10.2. The predicted octanol–water partition coefficient (Wildman–Crippen LogP) is 3.44. The van der Waals surface area contributed by atoms with Gasteiger partial charge in [0.25, 0.3) is 0 Å². The van der Waals surface area contributed by atoms with E-state index in [4.69, 9.17) is 11.6 Å². The topological polar surface area (TPSA) is 75.6 Å². The van der Waals surface area contributed by atoms with Crippen molar-refractivity contribution >= 4 is 38.0 Å². The number of carbonyl (C=O) groups is 1. The number of rotatable bonds is 4. The second-order valence-electron chi connectivity index (χ2n) is 4.91. The summed E-state index contributed by atoms with van der Waals surface area (Å²) in [7, 11) is -3.98. The van der Waals surface area contributed by atoms with Crippen LogP contribution in [-0.4, -0.2) is 19.2 Å². The first-order chi connectivity index (χ1) is 10.8. The second kappa shape index (κ2) is 6.93. The van der Waals surface area contributed by atoms with Crippen LogP contribution in [-0.2, 0) is 14.6 Å². The predicted molar refractivity (Wildman–Crippen MR) is 91.6 cm³/mol. The molecular formula is C16H15ClN2O3S. The Bertz CT molecular complexity index is 842. The van der Waals surface area contributed by atoms with Crippen LogP contribution in [0.3, 0.4) is 0 Å². The molecule has 0 aliphatic carbocycles. The fraction of sp³-hybridized carbons (Fsp3) is 0.125. The summed E-state index contributed by atoms with van der Waals surface area (Å²) in [4.78, 5) is 11.8. The third kappa shape index (κ3) is 4.18. The SMILES string of the molecule is CC(=O)/C(=N\Nc1ccc(Cl)cc1)S(=O)(=O)c1ccc(C)cc1. The van der Waals surface area contributed by atoms with Gasteiger partial charge in [0.15, 0.2) is 5.78 Å². The van der Waals surface area contributed by atoms with Crippen LogP contribution in [0.15, 0.2) is 58.5 Å². The Kier molecular flexibility index (Phi) is 5.18. The lowest BCUT2D eigenvalue weighted by Gasteiger charge is -2.07. The largest absolute Gasteiger partial charge is 0.292 e. The Labute approximate surface area is 139 Å². The number of benzene rings is 2. The molecule has 0 radical (unpaired) electrons. The van der Waals surface area contributed by atoms with Gasteiger partial charge >= 0.3 is 0 Å². The molecule has 2 aromatic rings. The van der Waals surface area contributed by atoms with E-state index in [2.05, 4.69) is 10.5 Å². The molecule has 0 amide bonds. The van der Waals surface area contributed by atoms with Crippen LogP contribution in [0.4, 0.5) is 5.69 Å². The highest BCUT2D eigenvalue weighted by molar-refractivity contribution is 8.08. The summed E-state index contributed by atoms with van der Waals surface area (Å²) < 4.78 is 25.1. The van der Waals surface area contributed by atoms with Crippen molar-refractivity contribution in [3.63, 3.8) is 0 Å². The number of sulfone groups is 1. The average Bonchev–Trinajstić information content (AvgIpc) is 2.49. The van der Waals surface area contributed by atoms with E-state index in [0.29, 0.717) is 10.7 Å². The van der Waals surface area contributed by atoms with Crippen molar-refractivity contribution in [2.45, 2.75) is 18.7 Å². The van der Waals surface area contributed by atoms with E-state index in [1.54, 1.807) is 36.4 Å². The van der Waals surface area contributed by atoms with Crippen LogP contribution in [0.2, 0.25) is 5.02 Å². The first-order valence-corrected chi connectivity index (χ1v) is 8.59. The molecular weight excluding hydrogens is 336 g/mol. The van der Waals surface area contributed by atoms with E-state index in [1.165, 1.54) is 12.1 Å². The van der Waals surface area contributed by atoms with E-state index < -0.39 is 20.7 Å². The molecule has 0 fully saturated rings. The van der Waals surface area contributed by atoms with Gasteiger partial charge in [-0.05, 0) is 43.3 Å². The van der Waals surface area contributed by atoms with E-state index >= 15 is 0 Å². The maximum absolute atomic E-state index is 12.5. The van der Waals surface area contributed by atoms with E-state index in [9.17, 15) is 13.2 Å². The number of hydrazone groups is 1. The van der Waals surface area contributed by atoms with Gasteiger partial charge in [-0.15, -0.1) is 0 Å². The zero-order valence-corrected chi connectivity index (χ0v) is 14.1. The van der Waals surface area contributed by atoms with Crippen LogP contribution in [0.1, 0.15) is 12.5 Å². The van der Waals surface area contributed by atoms with Crippen LogP contribution in [0.5, 0.6) is 0 Å². The van der Waals surface area contributed by atoms with Crippen LogP contribution >= 0.6 is 11.6 Å². The average molecular weight is 351 g/mol. The molecule has 2 aromatic carbocycles. The number of nitrogens with zero attached hydrogens (tertiary/aromatic N) is 1. The highest BCUT2D eigenvalue weighted by Gasteiger charge is 2.26. The molecule has 5 nitrogen and oxygen atoms in total. The summed E-state index contributed by atoms with van der Waals surface area (Å²) in [5, 5.41) is 3.77. The van der Waals surface area contributed by atoms with E-state index in [-0.39, 0.29) is 4.90 Å². The molecule has 120 valence electrons. The molecule has 0 aliphatic heterocycles. The molecule has 7 heteroatoms. The van der Waals surface area contributed by atoms with Gasteiger partial charge in [-0.2, -0.15) is 5.10 Å². The highest BCUT2D eigenvalue weighted by Crippen LogP contribution is 2.16. The van der Waals surface area contributed by atoms with Gasteiger partial charge in [0.1, 0.15) is 0 Å². The van der Waals surface area contributed by atoms with Crippen LogP contribution in [0.25, 0.3) is 0 Å². The molecule has 0 aromatic heterocycles. The molecule has 0 unspecified atom stereocenters. The van der Waals surface area contributed by atoms with Crippen LogP contribution < -0.4 is 5.43 Å². The third-order valence-electron chi connectivity index (χ3n) is 3.02. The quantitative estimate of drug-likeness (QED) is 0.520. The summed E-state index contributed by atoms with van der Waals surface area (Å²) in [6, 6.07) is 12.7. The number of hydrogen-bond acceptors (Lipinski definition) is 5. The van der Waals surface area contributed by atoms with Crippen molar-refractivity contribution in [1.82, 2.24) is 0 Å². The van der Waals surface area contributed by atoms with Crippen molar-refractivity contribution in [3.05, 3.63) is 59.1 Å². The fourth-order valence-electron chi connectivity index (χ4n) is 1.80. The minimum Gasteiger partial charge on any atom is -0.292 e. The lowest BCUT2D eigenvalue weighted by molar-refractivity contribution is -0.110. The minimum absolute atomic E-state index is 0.0231. The number of ketones is 1. The Balaban J connectivity index is 2.37. The van der Waals surface area contributed by atoms with Gasteiger partial charge in [-0.25, -0.2) is 8.42 Å². The fourth-order valence-corrected chi connectivity index (χ4v) is 3.18. The van der Waals surface area contributed by atoms with E-state index in [0.717, 1.165) is 12.5 Å². The maximum Gasteiger partial charge on any atom is 0.229 e. The molecule has 2 rings (SSSR count). The molecule has 0 heterocycles. The van der Waals surface area contributed by atoms with Gasteiger partial charge < -0.3 is 0 Å². The monoisotopic (exact) mass is 350 g/mol. The van der Waals surface area contributed by atoms with Crippen molar-refractivity contribution in [2.24, 2.45) is 5.10 Å². The van der Waals surface area contributed by atoms with Crippen molar-refractivity contribution in [2.75, 3.05) is 5.43 Å². The lowest BCUT2D eigenvalue weighted by Crippen LogP contribution is -2.24. The summed E-state index contributed by atoms with van der Waals surface area (Å²) in [6.07, 6.45) is 0. The first kappa shape index (κ1) is 17.2. The normalized spacial score (nSPS) is 12.0. The van der Waals surface area contributed by atoms with Gasteiger partial charge in [0.05, 0.1) is 10.6 Å². The Hall–Kier alpha value is -2.18. The van der Waals surface area contributed by atoms with Crippen molar-refractivity contribution < 1.29 is 13.2 Å². The number of aryl methyl sites for hydroxylation is 1. The van der Waals surface area contributed by atoms with Crippen LogP contribution in [0, 0.1) is 6.92 Å². The number of carbonyl (C=O) groups excluding carboxylic acids is 1. The second-order valence-corrected chi connectivity index (χ2v) is 7.21. The van der Waals surface area contributed by atoms with Gasteiger partial charge in [-0.1, -0.05) is 29.3 Å². The summed E-state index contributed by atoms with van der Waals surface area (Å²) >= 11 is 5.78. The number of Topliss-reactive ketones (excluding diaryl/α,β-unsaturated/α-hetero) is 1. The van der Waals surface area contributed by atoms with Crippen molar-refractivity contribution in [1.29, 1.82) is 0 Å². The standard InChI is InChI=1S/C16H15ClN2O3S/c1-11-3-9-15(10-4-11)23(21,22)16(12(2)20)19-18-14-7-5-13(17)6-8-14/h3-10,18H,1-2H3/b19-16+. The van der Waals surface area contributed by atoms with Crippen molar-refractivity contribution in [3.8, 4) is 0 Å². The number of halogens is 1. The third-order valence-corrected chi connectivity index (χ3v) is 5.05. The Morgan fingerprint density at radius 2 is 1.61 bits per heavy atom. The Morgan fingerprint density at radius 3 is 2.13 bits per heavy atom. The molecule has 1 N–H and O–H groups in total. The maximum atomic E-state index is 12.5. The first-order valence-electron chi connectivity index (χ1n) is 6.72. The zero-order valence-electron chi connectivity index (χ0n) is 12.6. The summed E-state index contributed by atoms with van der Waals surface area (Å²) in [6.45, 7) is 3.01. The summed E-state index contributed by atoms with van der Waals surface area (Å²) in [5.74, 6) is -0.646. The molecule has 0 saturated carbocycles. The zero-order chi connectivity index (χ0) is 17.0. The molecule has 23 heavy (non-hydrogen) atoms. The van der Waals surface area contributed by atoms with Gasteiger partial charge in [-0.3, -0.25) is 10.2 Å². The highest BCUT2D eigenvalue weighted by atomic mass is 35.5. The molecule has 0 saturated heterocycles. The number of hydrogen-bond donors (Lipinski definition) is 1. The van der Waals surface area contributed by atoms with E-state index in [1.807, 2.05) is 6.92 Å². The summed E-state index contributed by atoms with van der Waals surface area (Å²) in [5.41, 5.74) is 4.01. The number of nitrogens with one attached hydrogen (secondary N) is 1. The molecule has 0 atom stereocenters. The molecule has 0 spiro atoms. The van der Waals surface area contributed by atoms with Gasteiger partial charge in [0, 0.05) is 11.9 Å². The molecule has 0 aliphatic rings. The minimum atomic E-state index is -3.98.